The minimum atomic E-state index is -0.510. The van der Waals surface area contributed by atoms with Gasteiger partial charge in [-0.3, -0.25) is 0 Å². The van der Waals surface area contributed by atoms with Gasteiger partial charge in [0.25, 0.3) is 0 Å². The number of carbonyl (C=O) groups is 2. The van der Waals surface area contributed by atoms with Crippen LogP contribution in [0, 0.1) is 0 Å². The maximum absolute atomic E-state index is 11.0. The number of hydrogen-bond acceptors (Lipinski definition) is 5. The van der Waals surface area contributed by atoms with Crippen LogP contribution in [-0.2, 0) is 23.8 Å². The molecule has 0 amide bonds. The fourth-order valence-corrected chi connectivity index (χ4v) is 0.776. The third-order valence-corrected chi connectivity index (χ3v) is 1.59. The quantitative estimate of drug-likeness (QED) is 0.473. The van der Waals surface area contributed by atoms with Gasteiger partial charge in [0, 0.05) is 0 Å². The zero-order valence-electron chi connectivity index (χ0n) is 10.2. The van der Waals surface area contributed by atoms with Gasteiger partial charge in [-0.1, -0.05) is 24.3 Å². The molecule has 0 aromatic rings. The standard InChI is InChI=1S/C12H18O5/c1-3-5-7-16-11(13)9-15-10-12(14)17-8-6-4-2/h3-6H,7-10H2,1-2H3/b5-3-,6-4-. The summed E-state index contributed by atoms with van der Waals surface area (Å²) in [5.74, 6) is -1.02. The van der Waals surface area contributed by atoms with Gasteiger partial charge in [0.15, 0.2) is 0 Å². The summed E-state index contributed by atoms with van der Waals surface area (Å²) in [5.41, 5.74) is 0. The van der Waals surface area contributed by atoms with Gasteiger partial charge in [0.1, 0.15) is 26.4 Å². The van der Waals surface area contributed by atoms with E-state index in [2.05, 4.69) is 0 Å². The van der Waals surface area contributed by atoms with E-state index >= 15 is 0 Å². The highest BCUT2D eigenvalue weighted by molar-refractivity contribution is 5.73. The Morgan fingerprint density at radius 2 is 1.29 bits per heavy atom. The first-order chi connectivity index (χ1) is 8.20. The van der Waals surface area contributed by atoms with Gasteiger partial charge in [0.05, 0.1) is 0 Å². The second-order valence-corrected chi connectivity index (χ2v) is 3.00. The summed E-state index contributed by atoms with van der Waals surface area (Å²) >= 11 is 0. The van der Waals surface area contributed by atoms with Crippen molar-refractivity contribution in [1.82, 2.24) is 0 Å². The van der Waals surface area contributed by atoms with Crippen LogP contribution >= 0.6 is 0 Å². The van der Waals surface area contributed by atoms with E-state index < -0.39 is 11.9 Å². The molecule has 0 saturated carbocycles. The lowest BCUT2D eigenvalue weighted by molar-refractivity contribution is -0.154. The number of carbonyl (C=O) groups excluding carboxylic acids is 2. The number of esters is 2. The largest absolute Gasteiger partial charge is 0.460 e. The second-order valence-electron chi connectivity index (χ2n) is 3.00. The Bertz CT molecular complexity index is 253. The third kappa shape index (κ3) is 10.7. The van der Waals surface area contributed by atoms with Crippen LogP contribution in [0.2, 0.25) is 0 Å². The summed E-state index contributed by atoms with van der Waals surface area (Å²) in [5, 5.41) is 0. The Kier molecular flexibility index (Phi) is 9.85. The topological polar surface area (TPSA) is 61.8 Å². The zero-order valence-corrected chi connectivity index (χ0v) is 10.2. The van der Waals surface area contributed by atoms with Crippen molar-refractivity contribution in [3.63, 3.8) is 0 Å². The molecule has 0 fully saturated rings. The predicted octanol–water partition coefficient (Wildman–Crippen LogP) is 1.24. The minimum Gasteiger partial charge on any atom is -0.460 e. The molecular formula is C12H18O5. The van der Waals surface area contributed by atoms with Gasteiger partial charge in [0.2, 0.25) is 0 Å². The van der Waals surface area contributed by atoms with Crippen molar-refractivity contribution in [2.75, 3.05) is 26.4 Å². The van der Waals surface area contributed by atoms with Gasteiger partial charge in [-0.15, -0.1) is 0 Å². The van der Waals surface area contributed by atoms with Crippen LogP contribution in [0.3, 0.4) is 0 Å². The van der Waals surface area contributed by atoms with Crippen molar-refractivity contribution < 1.29 is 23.8 Å². The molecule has 0 aromatic carbocycles. The Balaban J connectivity index is 3.48. The molecule has 5 nitrogen and oxygen atoms in total. The normalized spacial score (nSPS) is 10.9. The van der Waals surface area contributed by atoms with E-state index in [-0.39, 0.29) is 26.4 Å². The lowest BCUT2D eigenvalue weighted by Crippen LogP contribution is -2.18. The van der Waals surface area contributed by atoms with E-state index in [0.717, 1.165) is 0 Å². The predicted molar refractivity (Wildman–Crippen MR) is 62.4 cm³/mol. The summed E-state index contributed by atoms with van der Waals surface area (Å²) in [6.07, 6.45) is 6.94. The molecule has 0 aliphatic carbocycles. The van der Waals surface area contributed by atoms with Crippen molar-refractivity contribution in [1.29, 1.82) is 0 Å². The van der Waals surface area contributed by atoms with Crippen LogP contribution < -0.4 is 0 Å². The summed E-state index contributed by atoms with van der Waals surface area (Å²) in [7, 11) is 0. The average Bonchev–Trinajstić information content (AvgIpc) is 2.30. The molecule has 0 aromatic heterocycles. The number of ether oxygens (including phenoxy) is 3. The zero-order chi connectivity index (χ0) is 12.9. The molecule has 0 unspecified atom stereocenters. The molecule has 96 valence electrons. The molecule has 0 N–H and O–H groups in total. The molecular weight excluding hydrogens is 224 g/mol. The van der Waals surface area contributed by atoms with Crippen LogP contribution in [-0.4, -0.2) is 38.4 Å². The van der Waals surface area contributed by atoms with E-state index in [1.165, 1.54) is 0 Å². The molecule has 17 heavy (non-hydrogen) atoms. The van der Waals surface area contributed by atoms with Crippen molar-refractivity contribution in [3.05, 3.63) is 24.3 Å². The fourth-order valence-electron chi connectivity index (χ4n) is 0.776. The van der Waals surface area contributed by atoms with Crippen LogP contribution in [0.15, 0.2) is 24.3 Å². The van der Waals surface area contributed by atoms with E-state index in [9.17, 15) is 9.59 Å². The van der Waals surface area contributed by atoms with E-state index in [1.54, 1.807) is 24.3 Å². The Morgan fingerprint density at radius 1 is 0.882 bits per heavy atom. The third-order valence-electron chi connectivity index (χ3n) is 1.59. The van der Waals surface area contributed by atoms with Gasteiger partial charge in [-0.25, -0.2) is 9.59 Å². The highest BCUT2D eigenvalue weighted by atomic mass is 16.6. The average molecular weight is 242 g/mol. The first kappa shape index (κ1) is 15.4. The lowest BCUT2D eigenvalue weighted by Gasteiger charge is -2.04. The van der Waals surface area contributed by atoms with Gasteiger partial charge in [-0.05, 0) is 13.8 Å². The highest BCUT2D eigenvalue weighted by Gasteiger charge is 2.05. The Morgan fingerprint density at radius 3 is 1.65 bits per heavy atom. The first-order valence-corrected chi connectivity index (χ1v) is 5.32. The van der Waals surface area contributed by atoms with Crippen LogP contribution in [0.1, 0.15) is 13.8 Å². The number of rotatable bonds is 8. The first-order valence-electron chi connectivity index (χ1n) is 5.32. The SMILES string of the molecule is C/C=C\COC(=O)COCC(=O)OC/C=C\C. The van der Waals surface area contributed by atoms with Crippen molar-refractivity contribution in [2.45, 2.75) is 13.8 Å². The van der Waals surface area contributed by atoms with Crippen molar-refractivity contribution in [2.24, 2.45) is 0 Å². The molecule has 0 heterocycles. The van der Waals surface area contributed by atoms with Gasteiger partial charge >= 0.3 is 11.9 Å². The summed E-state index contributed by atoms with van der Waals surface area (Å²) in [6, 6.07) is 0. The van der Waals surface area contributed by atoms with Crippen LogP contribution in [0.25, 0.3) is 0 Å². The minimum absolute atomic E-state index is 0.213. The number of hydrogen-bond donors (Lipinski definition) is 0. The van der Waals surface area contributed by atoms with Crippen LogP contribution in [0.4, 0.5) is 0 Å². The molecule has 0 bridgehead atoms. The van der Waals surface area contributed by atoms with Gasteiger partial charge < -0.3 is 14.2 Å². The molecule has 0 aliphatic heterocycles. The van der Waals surface area contributed by atoms with Crippen LogP contribution in [0.5, 0.6) is 0 Å². The van der Waals surface area contributed by atoms with E-state index in [0.29, 0.717) is 0 Å². The Labute approximate surface area is 101 Å². The molecule has 5 heteroatoms. The maximum atomic E-state index is 11.0. The van der Waals surface area contributed by atoms with Gasteiger partial charge in [-0.2, -0.15) is 0 Å². The monoisotopic (exact) mass is 242 g/mol. The number of allylic oxidation sites excluding steroid dienone is 2. The van der Waals surface area contributed by atoms with E-state index in [4.69, 9.17) is 14.2 Å². The summed E-state index contributed by atoms with van der Waals surface area (Å²) < 4.78 is 14.3. The lowest BCUT2D eigenvalue weighted by atomic mass is 10.5. The Hall–Kier alpha value is -1.62. The highest BCUT2D eigenvalue weighted by Crippen LogP contribution is 1.86. The summed E-state index contributed by atoms with van der Waals surface area (Å²) in [4.78, 5) is 22.0. The molecule has 0 spiro atoms. The van der Waals surface area contributed by atoms with Crippen molar-refractivity contribution >= 4 is 11.9 Å². The molecule has 0 atom stereocenters. The van der Waals surface area contributed by atoms with Crippen molar-refractivity contribution in [3.8, 4) is 0 Å². The molecule has 0 saturated heterocycles. The van der Waals surface area contributed by atoms with E-state index in [1.807, 2.05) is 13.8 Å². The summed E-state index contributed by atoms with van der Waals surface area (Å²) in [6.45, 7) is 3.57. The molecule has 0 rings (SSSR count). The molecule has 0 aliphatic rings. The molecule has 0 radical (unpaired) electrons. The maximum Gasteiger partial charge on any atom is 0.332 e. The second kappa shape index (κ2) is 10.9. The smallest absolute Gasteiger partial charge is 0.332 e. The fraction of sp³-hybridized carbons (Fsp3) is 0.500.